The summed E-state index contributed by atoms with van der Waals surface area (Å²) in [6, 6.07) is 0. The van der Waals surface area contributed by atoms with Crippen LogP contribution in [0.5, 0.6) is 0 Å². The number of rotatable bonds is 45. The number of aliphatic hydroxyl groups excluding tert-OH is 1. The topological polar surface area (TPSA) is 72.8 Å². The molecule has 0 rings (SSSR count). The minimum atomic E-state index is -0.784. The van der Waals surface area contributed by atoms with E-state index in [9.17, 15) is 14.7 Å². The molecule has 0 amide bonds. The third-order valence-corrected chi connectivity index (χ3v) is 10.6. The largest absolute Gasteiger partial charge is 0.462 e. The van der Waals surface area contributed by atoms with Crippen LogP contribution in [0.3, 0.4) is 0 Å². The smallest absolute Gasteiger partial charge is 0.306 e. The molecule has 0 aliphatic rings. The first-order chi connectivity index (χ1) is 30.6. The van der Waals surface area contributed by atoms with Crippen LogP contribution in [0.25, 0.3) is 0 Å². The maximum absolute atomic E-state index is 12.3. The summed E-state index contributed by atoms with van der Waals surface area (Å²) in [6.45, 7) is 3.90. The Balaban J connectivity index is 3.55. The van der Waals surface area contributed by atoms with Crippen molar-refractivity contribution in [3.63, 3.8) is 0 Å². The van der Waals surface area contributed by atoms with Gasteiger partial charge in [0.1, 0.15) is 6.61 Å². The fourth-order valence-corrected chi connectivity index (χ4v) is 6.81. The van der Waals surface area contributed by atoms with E-state index >= 15 is 0 Å². The van der Waals surface area contributed by atoms with E-state index in [0.29, 0.717) is 12.8 Å². The van der Waals surface area contributed by atoms with E-state index in [1.54, 1.807) is 0 Å². The maximum Gasteiger partial charge on any atom is 0.306 e. The Kier molecular flexibility index (Phi) is 49.0. The van der Waals surface area contributed by atoms with Crippen molar-refractivity contribution in [1.82, 2.24) is 0 Å². The first kappa shape index (κ1) is 58.6. The van der Waals surface area contributed by atoms with Crippen LogP contribution in [0.4, 0.5) is 0 Å². The molecule has 1 N–H and O–H groups in total. The molecule has 0 aromatic rings. The minimum Gasteiger partial charge on any atom is -0.462 e. The molecule has 0 aromatic heterocycles. The summed E-state index contributed by atoms with van der Waals surface area (Å²) < 4.78 is 10.7. The summed E-state index contributed by atoms with van der Waals surface area (Å²) in [5.41, 5.74) is 0. The highest BCUT2D eigenvalue weighted by atomic mass is 16.6. The molecular formula is C57H94O5. The fraction of sp³-hybridized carbons (Fsp3) is 0.649. The van der Waals surface area contributed by atoms with Crippen molar-refractivity contribution >= 4 is 11.9 Å². The van der Waals surface area contributed by atoms with E-state index in [2.05, 4.69) is 123 Å². The molecule has 0 aliphatic carbocycles. The molecule has 1 unspecified atom stereocenters. The van der Waals surface area contributed by atoms with Crippen LogP contribution in [0.15, 0.2) is 109 Å². The number of esters is 2. The molecule has 5 heteroatoms. The lowest BCUT2D eigenvalue weighted by atomic mass is 10.0. The molecule has 0 fully saturated rings. The average molecular weight is 859 g/mol. The second kappa shape index (κ2) is 51.9. The normalized spacial score (nSPS) is 13.1. The van der Waals surface area contributed by atoms with Gasteiger partial charge in [0.15, 0.2) is 6.10 Å². The van der Waals surface area contributed by atoms with Gasteiger partial charge in [-0.3, -0.25) is 9.59 Å². The molecule has 0 spiro atoms. The second-order valence-corrected chi connectivity index (χ2v) is 16.5. The number of hydrogen-bond donors (Lipinski definition) is 1. The number of unbranched alkanes of at least 4 members (excludes halogenated alkanes) is 19. The number of hydrogen-bond acceptors (Lipinski definition) is 5. The molecule has 0 radical (unpaired) electrons. The molecule has 0 saturated heterocycles. The van der Waals surface area contributed by atoms with Crippen LogP contribution >= 0.6 is 0 Å². The van der Waals surface area contributed by atoms with Gasteiger partial charge in [-0.15, -0.1) is 0 Å². The second-order valence-electron chi connectivity index (χ2n) is 16.5. The summed E-state index contributed by atoms with van der Waals surface area (Å²) in [6.07, 6.45) is 74.7. The van der Waals surface area contributed by atoms with Gasteiger partial charge in [-0.1, -0.05) is 220 Å². The molecule has 352 valence electrons. The predicted octanol–water partition coefficient (Wildman–Crippen LogP) is 17.0. The third-order valence-electron chi connectivity index (χ3n) is 10.6. The SMILES string of the molecule is CC/C=C\C/C=C\C/C=C\C/C=C\C/C=C\C/C=C\CCCCCCCCCCCCCCC(=O)OC(CO)COC(=O)CCCCCCCCC/C=C\C/C=C\C/C=C\CC. The van der Waals surface area contributed by atoms with Gasteiger partial charge in [-0.2, -0.15) is 0 Å². The lowest BCUT2D eigenvalue weighted by molar-refractivity contribution is -0.161. The zero-order valence-corrected chi connectivity index (χ0v) is 40.1. The Bertz CT molecular complexity index is 1250. The van der Waals surface area contributed by atoms with Crippen molar-refractivity contribution in [3.8, 4) is 0 Å². The molecule has 0 aliphatic heterocycles. The van der Waals surface area contributed by atoms with E-state index in [0.717, 1.165) is 103 Å². The van der Waals surface area contributed by atoms with Crippen molar-refractivity contribution in [3.05, 3.63) is 109 Å². The first-order valence-corrected chi connectivity index (χ1v) is 25.4. The minimum absolute atomic E-state index is 0.0770. The van der Waals surface area contributed by atoms with E-state index in [4.69, 9.17) is 9.47 Å². The molecule has 0 aromatic carbocycles. The van der Waals surface area contributed by atoms with Crippen molar-refractivity contribution in [2.45, 2.75) is 225 Å². The Labute approximate surface area is 382 Å². The van der Waals surface area contributed by atoms with Crippen LogP contribution < -0.4 is 0 Å². The zero-order valence-electron chi connectivity index (χ0n) is 40.1. The molecular weight excluding hydrogens is 765 g/mol. The lowest BCUT2D eigenvalue weighted by Crippen LogP contribution is -2.28. The van der Waals surface area contributed by atoms with Crippen molar-refractivity contribution in [2.24, 2.45) is 0 Å². The summed E-state index contributed by atoms with van der Waals surface area (Å²) in [5.74, 6) is -0.608. The summed E-state index contributed by atoms with van der Waals surface area (Å²) in [7, 11) is 0. The zero-order chi connectivity index (χ0) is 44.9. The van der Waals surface area contributed by atoms with E-state index in [1.807, 2.05) is 0 Å². The lowest BCUT2D eigenvalue weighted by Gasteiger charge is -2.15. The molecule has 1 atom stereocenters. The number of carbonyl (C=O) groups excluding carboxylic acids is 2. The van der Waals surface area contributed by atoms with E-state index in [1.165, 1.54) is 89.9 Å². The predicted molar refractivity (Wildman–Crippen MR) is 269 cm³/mol. The fourth-order valence-electron chi connectivity index (χ4n) is 6.81. The van der Waals surface area contributed by atoms with Gasteiger partial charge in [0.25, 0.3) is 0 Å². The molecule has 62 heavy (non-hydrogen) atoms. The number of carbonyl (C=O) groups is 2. The van der Waals surface area contributed by atoms with Crippen LogP contribution in [-0.2, 0) is 19.1 Å². The summed E-state index contributed by atoms with van der Waals surface area (Å²) >= 11 is 0. The summed E-state index contributed by atoms with van der Waals surface area (Å²) in [5, 5.41) is 9.62. The van der Waals surface area contributed by atoms with Crippen molar-refractivity contribution in [2.75, 3.05) is 13.2 Å². The van der Waals surface area contributed by atoms with Gasteiger partial charge in [0.2, 0.25) is 0 Å². The monoisotopic (exact) mass is 859 g/mol. The molecule has 0 heterocycles. The van der Waals surface area contributed by atoms with Gasteiger partial charge in [-0.25, -0.2) is 0 Å². The van der Waals surface area contributed by atoms with Gasteiger partial charge < -0.3 is 14.6 Å². The van der Waals surface area contributed by atoms with Gasteiger partial charge in [0.05, 0.1) is 6.61 Å². The van der Waals surface area contributed by atoms with Crippen molar-refractivity contribution < 1.29 is 24.2 Å². The quantitative estimate of drug-likeness (QED) is 0.0375. The molecule has 5 nitrogen and oxygen atoms in total. The van der Waals surface area contributed by atoms with Gasteiger partial charge in [-0.05, 0) is 96.3 Å². The van der Waals surface area contributed by atoms with Crippen LogP contribution in [-0.4, -0.2) is 36.4 Å². The Morgan fingerprint density at radius 2 is 0.645 bits per heavy atom. The van der Waals surface area contributed by atoms with Crippen molar-refractivity contribution in [1.29, 1.82) is 0 Å². The summed E-state index contributed by atoms with van der Waals surface area (Å²) in [4.78, 5) is 24.4. The molecule has 0 bridgehead atoms. The number of aliphatic hydroxyl groups is 1. The third kappa shape index (κ3) is 49.2. The van der Waals surface area contributed by atoms with Crippen LogP contribution in [0, 0.1) is 0 Å². The van der Waals surface area contributed by atoms with Crippen LogP contribution in [0.2, 0.25) is 0 Å². The van der Waals surface area contributed by atoms with Gasteiger partial charge in [0, 0.05) is 12.8 Å². The van der Waals surface area contributed by atoms with E-state index in [-0.39, 0.29) is 25.2 Å². The maximum atomic E-state index is 12.3. The Hall–Kier alpha value is -3.44. The standard InChI is InChI=1S/C57H94O5/c1-3-5-7-9-11-13-15-17-19-21-22-23-24-25-26-27-28-29-30-31-32-33-34-36-38-40-42-44-46-48-50-52-57(60)62-55(53-58)54-61-56(59)51-49-47-45-43-41-39-37-35-20-18-16-14-12-10-8-6-4-2/h5-8,11-14,17-20,22-23,25-26,28-29,55,58H,3-4,9-10,15-16,21,24,27,30-54H2,1-2H3/b7-5-,8-6-,13-11-,14-12-,19-17-,20-18-,23-22-,26-25-,29-28-. The van der Waals surface area contributed by atoms with E-state index < -0.39 is 6.10 Å². The highest BCUT2D eigenvalue weighted by molar-refractivity contribution is 5.70. The van der Waals surface area contributed by atoms with Gasteiger partial charge >= 0.3 is 11.9 Å². The van der Waals surface area contributed by atoms with Crippen LogP contribution in [0.1, 0.15) is 219 Å². The molecule has 0 saturated carbocycles. The number of ether oxygens (including phenoxy) is 2. The highest BCUT2D eigenvalue weighted by Gasteiger charge is 2.16. The average Bonchev–Trinajstić information content (AvgIpc) is 3.28. The highest BCUT2D eigenvalue weighted by Crippen LogP contribution is 2.15. The first-order valence-electron chi connectivity index (χ1n) is 25.4. The Morgan fingerprint density at radius 1 is 0.371 bits per heavy atom. The Morgan fingerprint density at radius 3 is 0.968 bits per heavy atom. The number of allylic oxidation sites excluding steroid dienone is 18.